The summed E-state index contributed by atoms with van der Waals surface area (Å²) in [5.41, 5.74) is 28.8. The molecule has 13 aromatic rings. The minimum atomic E-state index is -0.237. The molecule has 0 aliphatic carbocycles. The fraction of sp³-hybridized carbons (Fsp3) is 0.130. The summed E-state index contributed by atoms with van der Waals surface area (Å²) in [7, 11) is 0. The van der Waals surface area contributed by atoms with E-state index in [0.29, 0.717) is 33.4 Å². The highest BCUT2D eigenvalue weighted by Gasteiger charge is 2.41. The number of benzene rings is 13. The van der Waals surface area contributed by atoms with Crippen LogP contribution in [0.4, 0.5) is 68.2 Å². The van der Waals surface area contributed by atoms with Crippen LogP contribution in [0.5, 0.6) is 0 Å². The third kappa shape index (κ3) is 8.84. The van der Waals surface area contributed by atoms with Gasteiger partial charge in [-0.05, 0) is 164 Å². The highest BCUT2D eigenvalue weighted by molar-refractivity contribution is 6.06. The van der Waals surface area contributed by atoms with Crippen LogP contribution in [0, 0.1) is 22.7 Å². The van der Waals surface area contributed by atoms with Crippen LogP contribution in [0.2, 0.25) is 0 Å². The maximum atomic E-state index is 12.5. The minimum Gasteiger partial charge on any atom is -0.310 e. The predicted octanol–water partition coefficient (Wildman–Crippen LogP) is 24.5. The van der Waals surface area contributed by atoms with Crippen molar-refractivity contribution in [3.05, 3.63) is 347 Å². The van der Waals surface area contributed by atoms with Crippen LogP contribution >= 0.6 is 0 Å². The van der Waals surface area contributed by atoms with E-state index in [2.05, 4.69) is 378 Å². The van der Waals surface area contributed by atoms with Gasteiger partial charge in [0.05, 0.1) is 56.6 Å². The lowest BCUT2D eigenvalue weighted by molar-refractivity contribution is 0.632. The van der Waals surface area contributed by atoms with Gasteiger partial charge in [0, 0.05) is 66.7 Å². The number of anilines is 12. The van der Waals surface area contributed by atoms with Crippen molar-refractivity contribution in [3.8, 4) is 56.6 Å². The largest absolute Gasteiger partial charge is 0.310 e. The van der Waals surface area contributed by atoms with Crippen molar-refractivity contribution in [2.24, 2.45) is 0 Å². The van der Waals surface area contributed by atoms with Gasteiger partial charge in [-0.15, -0.1) is 0 Å². The van der Waals surface area contributed by atoms with Gasteiger partial charge in [-0.25, -0.2) is 0 Å². The van der Waals surface area contributed by atoms with Crippen molar-refractivity contribution in [1.82, 2.24) is 0 Å². The molecular formula is C92H72N6. The van der Waals surface area contributed by atoms with Crippen molar-refractivity contribution in [3.63, 3.8) is 0 Å². The van der Waals surface area contributed by atoms with E-state index >= 15 is 0 Å². The molecular weight excluding hydrogens is 1190 g/mol. The van der Waals surface area contributed by atoms with Gasteiger partial charge in [0.1, 0.15) is 12.1 Å². The van der Waals surface area contributed by atoms with Gasteiger partial charge in [-0.3, -0.25) is 0 Å². The van der Waals surface area contributed by atoms with E-state index in [9.17, 15) is 10.5 Å². The lowest BCUT2D eigenvalue weighted by atomic mass is 9.73. The summed E-state index contributed by atoms with van der Waals surface area (Å²) in [5, 5.41) is 25.0. The molecule has 6 heteroatoms. The Morgan fingerprint density at radius 2 is 0.347 bits per heavy atom. The Labute approximate surface area is 575 Å². The zero-order valence-electron chi connectivity index (χ0n) is 56.4. The van der Waals surface area contributed by atoms with Gasteiger partial charge < -0.3 is 19.6 Å². The lowest BCUT2D eigenvalue weighted by Crippen LogP contribution is -2.30. The Bertz CT molecular complexity index is 4620. The van der Waals surface area contributed by atoms with Gasteiger partial charge >= 0.3 is 0 Å². The van der Waals surface area contributed by atoms with E-state index in [-0.39, 0.29) is 21.7 Å². The monoisotopic (exact) mass is 1260 g/mol. The van der Waals surface area contributed by atoms with E-state index < -0.39 is 0 Å². The lowest BCUT2D eigenvalue weighted by Gasteiger charge is -2.42. The minimum absolute atomic E-state index is 0.237. The summed E-state index contributed by atoms with van der Waals surface area (Å²) in [6, 6.07) is 110. The fourth-order valence-electron chi connectivity index (χ4n) is 17.0. The van der Waals surface area contributed by atoms with Gasteiger partial charge in [-0.1, -0.05) is 250 Å². The van der Waals surface area contributed by atoms with Gasteiger partial charge in [-0.2, -0.15) is 10.5 Å². The van der Waals surface area contributed by atoms with E-state index in [1.54, 1.807) is 0 Å². The summed E-state index contributed by atoms with van der Waals surface area (Å²) in [5.74, 6) is 0. The first-order chi connectivity index (χ1) is 47.6. The normalized spacial score (nSPS) is 15.2. The second kappa shape index (κ2) is 22.3. The van der Waals surface area contributed by atoms with Crippen molar-refractivity contribution < 1.29 is 0 Å². The second-order valence-corrected chi connectivity index (χ2v) is 28.6. The Hall–Kier alpha value is -12.0. The smallest absolute Gasteiger partial charge is 0.100 e. The molecule has 0 spiro atoms. The summed E-state index contributed by atoms with van der Waals surface area (Å²) in [6.45, 7) is 18.5. The third-order valence-electron chi connectivity index (χ3n) is 21.9. The summed E-state index contributed by atoms with van der Waals surface area (Å²) < 4.78 is 0. The molecule has 13 aromatic carbocycles. The molecule has 4 aliphatic heterocycles. The van der Waals surface area contributed by atoms with Crippen molar-refractivity contribution in [1.29, 1.82) is 10.5 Å². The van der Waals surface area contributed by atoms with Crippen LogP contribution in [0.25, 0.3) is 44.5 Å². The van der Waals surface area contributed by atoms with Crippen LogP contribution in [-0.4, -0.2) is 0 Å². The van der Waals surface area contributed by atoms with E-state index in [4.69, 9.17) is 0 Å². The number of hydrogen-bond acceptors (Lipinski definition) is 6. The fourth-order valence-corrected chi connectivity index (χ4v) is 17.0. The number of fused-ring (bicyclic) bond motifs is 8. The van der Waals surface area contributed by atoms with Crippen LogP contribution in [0.15, 0.2) is 291 Å². The van der Waals surface area contributed by atoms with Crippen LogP contribution in [0.3, 0.4) is 0 Å². The molecule has 0 aromatic heterocycles. The number of nitriles is 2. The molecule has 0 saturated carbocycles. The quantitative estimate of drug-likeness (QED) is 0.151. The van der Waals surface area contributed by atoms with Crippen LogP contribution < -0.4 is 19.6 Å². The number of hydrogen-bond donors (Lipinski definition) is 0. The van der Waals surface area contributed by atoms with Crippen molar-refractivity contribution >= 4 is 68.2 Å². The summed E-state index contributed by atoms with van der Waals surface area (Å²) in [4.78, 5) is 9.46. The van der Waals surface area contributed by atoms with Crippen LogP contribution in [0.1, 0.15) is 111 Å². The molecule has 17 rings (SSSR count). The molecule has 0 unspecified atom stereocenters. The molecule has 98 heavy (non-hydrogen) atoms. The first-order valence-electron chi connectivity index (χ1n) is 34.0. The second-order valence-electron chi connectivity index (χ2n) is 28.6. The summed E-state index contributed by atoms with van der Waals surface area (Å²) >= 11 is 0. The first-order valence-corrected chi connectivity index (χ1v) is 34.0. The highest BCUT2D eigenvalue weighted by Crippen LogP contribution is 2.58. The molecule has 4 heterocycles. The maximum Gasteiger partial charge on any atom is 0.100 e. The van der Waals surface area contributed by atoms with Crippen molar-refractivity contribution in [2.75, 3.05) is 19.6 Å². The molecule has 0 fully saturated rings. The third-order valence-corrected chi connectivity index (χ3v) is 21.9. The molecule has 0 saturated heterocycles. The van der Waals surface area contributed by atoms with E-state index in [1.165, 1.54) is 44.5 Å². The molecule has 6 nitrogen and oxygen atoms in total. The molecule has 4 aliphatic rings. The molecule has 0 amide bonds. The van der Waals surface area contributed by atoms with Crippen LogP contribution in [-0.2, 0) is 21.7 Å². The zero-order valence-corrected chi connectivity index (χ0v) is 56.4. The Morgan fingerprint density at radius 3 is 0.490 bits per heavy atom. The predicted molar refractivity (Wildman–Crippen MR) is 405 cm³/mol. The summed E-state index contributed by atoms with van der Waals surface area (Å²) in [6.07, 6.45) is 0. The SMILES string of the molecule is CC1(C)c2ccccc2N(c2ccc(-c3c(C#N)c(-c4ccc(N5c6ccccc6C(C)(C)c6ccccc65)cc4)c(-c4ccc(N5c6ccccc6C(C)(C)c6ccccc65)cc4)c(C#N)c3-c3ccc(N4c5ccccc5C(C)(C)c5ccccc54)cc3)cc2)c2ccccc21. The Kier molecular flexibility index (Phi) is 13.6. The Balaban J connectivity index is 0.906. The number of rotatable bonds is 8. The molecule has 0 atom stereocenters. The number of nitrogens with zero attached hydrogens (tertiary/aromatic N) is 6. The van der Waals surface area contributed by atoms with Gasteiger partial charge in [0.15, 0.2) is 0 Å². The molecule has 470 valence electrons. The molecule has 0 bridgehead atoms. The topological polar surface area (TPSA) is 60.5 Å². The van der Waals surface area contributed by atoms with E-state index in [0.717, 1.165) is 90.5 Å². The Morgan fingerprint density at radius 1 is 0.204 bits per heavy atom. The average molecular weight is 1260 g/mol. The van der Waals surface area contributed by atoms with Crippen molar-refractivity contribution in [2.45, 2.75) is 77.0 Å². The zero-order chi connectivity index (χ0) is 67.0. The van der Waals surface area contributed by atoms with Gasteiger partial charge in [0.25, 0.3) is 0 Å². The van der Waals surface area contributed by atoms with E-state index in [1.807, 2.05) is 0 Å². The first kappa shape index (κ1) is 59.8. The molecule has 0 radical (unpaired) electrons. The molecule has 0 N–H and O–H groups in total. The highest BCUT2D eigenvalue weighted by atomic mass is 15.2. The van der Waals surface area contributed by atoms with Gasteiger partial charge in [0.2, 0.25) is 0 Å². The standard InChI is InChI=1S/C92H72N6/c1-89(2)69-25-9-17-33-77(69)95(78-34-18-10-26-70(78)89)63-49-41-59(42-50-63)85-67(57-93)87(61-45-53-65(54-46-61)97-81-37-21-13-29-73(81)91(5,6)74-30-14-22-38-82(74)97)88(62-47-55-66(56-48-62)98-83-39-23-15-31-75(83)92(7,8)76-32-16-24-40-84(76)98)68(58-94)86(85)60-43-51-64(52-44-60)96-79-35-19-11-27-71(79)90(3,4)72-28-12-20-36-80(72)96/h9-56H,1-8H3. The maximum absolute atomic E-state index is 12.5. The average Bonchev–Trinajstić information content (AvgIpc) is 0.746. The number of para-hydroxylation sites is 8.